The molecule has 1 fully saturated rings. The van der Waals surface area contributed by atoms with Gasteiger partial charge in [0.15, 0.2) is 0 Å². The standard InChI is InChI=1S/C18H24N4O2/c1-21(2)17-5-3-15(4-6-17)13-16(14-19)18(23)20-7-8-22-9-11-24-12-10-22/h3-6,13H,7-12H2,1-2H3,(H,20,23)/b16-13-. The molecule has 1 heterocycles. The Morgan fingerprint density at radius 1 is 1.33 bits per heavy atom. The molecule has 1 aromatic carbocycles. The number of benzene rings is 1. The first kappa shape index (κ1) is 18.0. The molecular formula is C18H24N4O2. The third-order valence-electron chi connectivity index (χ3n) is 3.90. The fraction of sp³-hybridized carbons (Fsp3) is 0.444. The highest BCUT2D eigenvalue weighted by molar-refractivity contribution is 6.01. The minimum absolute atomic E-state index is 0.120. The Balaban J connectivity index is 1.89. The summed E-state index contributed by atoms with van der Waals surface area (Å²) in [6, 6.07) is 9.69. The molecule has 24 heavy (non-hydrogen) atoms. The number of hydrogen-bond acceptors (Lipinski definition) is 5. The van der Waals surface area contributed by atoms with Crippen molar-refractivity contribution in [1.82, 2.24) is 10.2 Å². The van der Waals surface area contributed by atoms with Gasteiger partial charge in [0.2, 0.25) is 0 Å². The van der Waals surface area contributed by atoms with Crippen molar-refractivity contribution in [2.45, 2.75) is 0 Å². The van der Waals surface area contributed by atoms with Crippen molar-refractivity contribution in [3.05, 3.63) is 35.4 Å². The zero-order valence-electron chi connectivity index (χ0n) is 14.3. The van der Waals surface area contributed by atoms with E-state index in [4.69, 9.17) is 4.74 Å². The van der Waals surface area contributed by atoms with Crippen molar-refractivity contribution in [1.29, 1.82) is 5.26 Å². The molecule has 1 aliphatic heterocycles. The van der Waals surface area contributed by atoms with Crippen molar-refractivity contribution < 1.29 is 9.53 Å². The van der Waals surface area contributed by atoms with Gasteiger partial charge < -0.3 is 15.0 Å². The number of nitriles is 1. The summed E-state index contributed by atoms with van der Waals surface area (Å²) in [4.78, 5) is 16.4. The molecule has 0 aliphatic carbocycles. The van der Waals surface area contributed by atoms with E-state index in [1.165, 1.54) is 0 Å². The maximum atomic E-state index is 12.1. The maximum absolute atomic E-state index is 12.1. The van der Waals surface area contributed by atoms with Crippen molar-refractivity contribution in [2.24, 2.45) is 0 Å². The van der Waals surface area contributed by atoms with E-state index in [1.54, 1.807) is 6.08 Å². The lowest BCUT2D eigenvalue weighted by Gasteiger charge is -2.26. The summed E-state index contributed by atoms with van der Waals surface area (Å²) in [5, 5.41) is 12.0. The highest BCUT2D eigenvalue weighted by Gasteiger charge is 2.12. The van der Waals surface area contributed by atoms with E-state index in [0.29, 0.717) is 6.54 Å². The highest BCUT2D eigenvalue weighted by Crippen LogP contribution is 2.14. The molecule has 1 saturated heterocycles. The number of morpholine rings is 1. The Kier molecular flexibility index (Phi) is 6.79. The van der Waals surface area contributed by atoms with Gasteiger partial charge in [-0.25, -0.2) is 0 Å². The zero-order valence-corrected chi connectivity index (χ0v) is 14.3. The number of amides is 1. The van der Waals surface area contributed by atoms with Crippen molar-refractivity contribution >= 4 is 17.7 Å². The molecule has 2 rings (SSSR count). The van der Waals surface area contributed by atoms with E-state index in [2.05, 4.69) is 10.2 Å². The van der Waals surface area contributed by atoms with Crippen LogP contribution < -0.4 is 10.2 Å². The van der Waals surface area contributed by atoms with Crippen LogP contribution in [0.3, 0.4) is 0 Å². The molecule has 1 aromatic rings. The smallest absolute Gasteiger partial charge is 0.261 e. The molecule has 1 amide bonds. The molecule has 128 valence electrons. The minimum atomic E-state index is -0.331. The SMILES string of the molecule is CN(C)c1ccc(/C=C(/C#N)C(=O)NCCN2CCOCC2)cc1. The summed E-state index contributed by atoms with van der Waals surface area (Å²) in [7, 11) is 3.93. The summed E-state index contributed by atoms with van der Waals surface area (Å²) >= 11 is 0. The number of rotatable bonds is 6. The van der Waals surface area contributed by atoms with Crippen LogP contribution in [0.15, 0.2) is 29.8 Å². The van der Waals surface area contributed by atoms with Crippen LogP contribution >= 0.6 is 0 Å². The van der Waals surface area contributed by atoms with Gasteiger partial charge >= 0.3 is 0 Å². The Labute approximate surface area is 143 Å². The van der Waals surface area contributed by atoms with Crippen LogP contribution in [-0.2, 0) is 9.53 Å². The van der Waals surface area contributed by atoms with E-state index < -0.39 is 0 Å². The minimum Gasteiger partial charge on any atom is -0.379 e. The van der Waals surface area contributed by atoms with Gasteiger partial charge in [-0.3, -0.25) is 9.69 Å². The monoisotopic (exact) mass is 328 g/mol. The molecule has 0 spiro atoms. The van der Waals surface area contributed by atoms with E-state index in [0.717, 1.165) is 44.1 Å². The second kappa shape index (κ2) is 9.06. The van der Waals surface area contributed by atoms with Gasteiger partial charge in [0.05, 0.1) is 13.2 Å². The third kappa shape index (κ3) is 5.37. The summed E-state index contributed by atoms with van der Waals surface area (Å²) < 4.78 is 5.29. The molecule has 6 heteroatoms. The number of anilines is 1. The van der Waals surface area contributed by atoms with Gasteiger partial charge in [-0.15, -0.1) is 0 Å². The molecule has 0 bridgehead atoms. The lowest BCUT2D eigenvalue weighted by molar-refractivity contribution is -0.117. The molecule has 1 N–H and O–H groups in total. The fourth-order valence-corrected chi connectivity index (χ4v) is 2.43. The number of carbonyl (C=O) groups excluding carboxylic acids is 1. The van der Waals surface area contributed by atoms with Crippen LogP contribution in [0, 0.1) is 11.3 Å². The first-order chi connectivity index (χ1) is 11.6. The Morgan fingerprint density at radius 3 is 2.58 bits per heavy atom. The first-order valence-corrected chi connectivity index (χ1v) is 8.07. The average molecular weight is 328 g/mol. The summed E-state index contributed by atoms with van der Waals surface area (Å²) in [5.74, 6) is -0.331. The normalized spacial score (nSPS) is 15.6. The van der Waals surface area contributed by atoms with E-state index >= 15 is 0 Å². The van der Waals surface area contributed by atoms with Crippen LogP contribution in [-0.4, -0.2) is 64.3 Å². The number of hydrogen-bond donors (Lipinski definition) is 1. The molecule has 1 aliphatic rings. The van der Waals surface area contributed by atoms with Crippen molar-refractivity contribution in [3.8, 4) is 6.07 Å². The number of nitrogens with zero attached hydrogens (tertiary/aromatic N) is 3. The Morgan fingerprint density at radius 2 is 2.00 bits per heavy atom. The predicted molar refractivity (Wildman–Crippen MR) is 94.6 cm³/mol. The van der Waals surface area contributed by atoms with Gasteiger partial charge in [0.1, 0.15) is 11.6 Å². The third-order valence-corrected chi connectivity index (χ3v) is 3.90. The van der Waals surface area contributed by atoms with Gasteiger partial charge in [0, 0.05) is 46.0 Å². The molecule has 0 unspecified atom stereocenters. The van der Waals surface area contributed by atoms with E-state index in [1.807, 2.05) is 49.3 Å². The van der Waals surface area contributed by atoms with Gasteiger partial charge in [0.25, 0.3) is 5.91 Å². The lowest BCUT2D eigenvalue weighted by Crippen LogP contribution is -2.41. The number of nitrogens with one attached hydrogen (secondary N) is 1. The lowest BCUT2D eigenvalue weighted by atomic mass is 10.1. The average Bonchev–Trinajstić information content (AvgIpc) is 2.60. The van der Waals surface area contributed by atoms with Crippen molar-refractivity contribution in [2.75, 3.05) is 58.4 Å². The molecular weight excluding hydrogens is 304 g/mol. The van der Waals surface area contributed by atoms with E-state index in [-0.39, 0.29) is 11.5 Å². The molecule has 0 atom stereocenters. The van der Waals surface area contributed by atoms with E-state index in [9.17, 15) is 10.1 Å². The molecule has 6 nitrogen and oxygen atoms in total. The maximum Gasteiger partial charge on any atom is 0.261 e. The van der Waals surface area contributed by atoms with Crippen LogP contribution in [0.1, 0.15) is 5.56 Å². The summed E-state index contributed by atoms with van der Waals surface area (Å²) in [6.45, 7) is 4.54. The number of carbonyl (C=O) groups is 1. The summed E-state index contributed by atoms with van der Waals surface area (Å²) in [6.07, 6.45) is 1.61. The van der Waals surface area contributed by atoms with Gasteiger partial charge in [-0.2, -0.15) is 5.26 Å². The Bertz CT molecular complexity index is 611. The zero-order chi connectivity index (χ0) is 17.4. The number of ether oxygens (including phenoxy) is 1. The second-order valence-corrected chi connectivity index (χ2v) is 5.87. The largest absolute Gasteiger partial charge is 0.379 e. The quantitative estimate of drug-likeness (QED) is 0.626. The van der Waals surface area contributed by atoms with Crippen LogP contribution in [0.2, 0.25) is 0 Å². The Hall–Kier alpha value is -2.36. The summed E-state index contributed by atoms with van der Waals surface area (Å²) in [5.41, 5.74) is 2.02. The molecule has 0 radical (unpaired) electrons. The topological polar surface area (TPSA) is 68.6 Å². The van der Waals surface area contributed by atoms with Gasteiger partial charge in [-0.1, -0.05) is 12.1 Å². The van der Waals surface area contributed by atoms with Gasteiger partial charge in [-0.05, 0) is 23.8 Å². The van der Waals surface area contributed by atoms with Crippen LogP contribution in [0.4, 0.5) is 5.69 Å². The van der Waals surface area contributed by atoms with Crippen LogP contribution in [0.5, 0.6) is 0 Å². The van der Waals surface area contributed by atoms with Crippen LogP contribution in [0.25, 0.3) is 6.08 Å². The predicted octanol–water partition coefficient (Wildman–Crippen LogP) is 1.11. The highest BCUT2D eigenvalue weighted by atomic mass is 16.5. The fourth-order valence-electron chi connectivity index (χ4n) is 2.43. The molecule has 0 aromatic heterocycles. The molecule has 0 saturated carbocycles. The van der Waals surface area contributed by atoms with Crippen molar-refractivity contribution in [3.63, 3.8) is 0 Å². The first-order valence-electron chi connectivity index (χ1n) is 8.07. The second-order valence-electron chi connectivity index (χ2n) is 5.87.